The minimum Gasteiger partial charge on any atom is -0.487 e. The normalized spacial score (nSPS) is 21.2. The molecule has 0 radical (unpaired) electrons. The maximum atomic E-state index is 12.1. The van der Waals surface area contributed by atoms with Crippen LogP contribution in [0.3, 0.4) is 0 Å². The van der Waals surface area contributed by atoms with Crippen LogP contribution >= 0.6 is 11.3 Å². The number of β-amino-alcohol motifs (C(OH)–C–C–N with tert-alkyl or cyclic N) is 2. The molecular weight excluding hydrogens is 416 g/mol. The highest BCUT2D eigenvalue weighted by molar-refractivity contribution is 7.07. The van der Waals surface area contributed by atoms with Crippen LogP contribution in [0.1, 0.15) is 21.7 Å². The number of carbonyl (C=O) groups excluding carboxylic acids is 1. The van der Waals surface area contributed by atoms with Crippen molar-refractivity contribution in [3.8, 4) is 5.75 Å². The summed E-state index contributed by atoms with van der Waals surface area (Å²) in [6, 6.07) is 13.4. The molecule has 3 heterocycles. The van der Waals surface area contributed by atoms with Crippen molar-refractivity contribution in [2.45, 2.75) is 24.9 Å². The number of hydrogen-bond acceptors (Lipinski definition) is 8. The summed E-state index contributed by atoms with van der Waals surface area (Å²) in [5.41, 5.74) is 2.37. The van der Waals surface area contributed by atoms with Gasteiger partial charge in [-0.1, -0.05) is 18.2 Å². The van der Waals surface area contributed by atoms with Gasteiger partial charge in [-0.25, -0.2) is 4.98 Å². The third-order valence-corrected chi connectivity index (χ3v) is 5.80. The zero-order valence-electron chi connectivity index (χ0n) is 16.8. The summed E-state index contributed by atoms with van der Waals surface area (Å²) in [5.74, 6) is 0.388. The van der Waals surface area contributed by atoms with E-state index >= 15 is 0 Å². The Labute approximate surface area is 184 Å². The minimum atomic E-state index is -1.41. The zero-order valence-corrected chi connectivity index (χ0v) is 17.7. The molecule has 162 valence electrons. The second kappa shape index (κ2) is 9.52. The van der Waals surface area contributed by atoms with Crippen molar-refractivity contribution < 1.29 is 19.7 Å². The monoisotopic (exact) mass is 440 g/mol. The molecule has 2 aromatic heterocycles. The van der Waals surface area contributed by atoms with Crippen LogP contribution in [0, 0.1) is 0 Å². The number of carbonyl (C=O) groups is 1. The number of ether oxygens (including phenoxy) is 1. The topological polar surface area (TPSA) is 108 Å². The van der Waals surface area contributed by atoms with Gasteiger partial charge in [0.05, 0.1) is 23.9 Å². The summed E-state index contributed by atoms with van der Waals surface area (Å²) in [7, 11) is 0. The standard InChI is InChI=1S/C22H24N4O4S/c27-20-10-26(14-22(20,29)13-24-21(28)19-12-31-15-25-19)9-16-4-6-18(7-5-16)30-11-17-3-1-2-8-23-17/h1-8,12,15,20,27,29H,9-11,13-14H2,(H,24,28)/t20-,22+/m1/s1. The van der Waals surface area contributed by atoms with Gasteiger partial charge in [-0.05, 0) is 29.8 Å². The lowest BCUT2D eigenvalue weighted by Gasteiger charge is -2.26. The number of benzene rings is 1. The number of rotatable bonds is 8. The molecule has 4 rings (SSSR count). The van der Waals surface area contributed by atoms with Crippen LogP contribution in [0.5, 0.6) is 5.75 Å². The highest BCUT2D eigenvalue weighted by Crippen LogP contribution is 2.24. The number of amides is 1. The quantitative estimate of drug-likeness (QED) is 0.487. The van der Waals surface area contributed by atoms with Crippen LogP contribution in [0.2, 0.25) is 0 Å². The Hall–Kier alpha value is -2.85. The predicted molar refractivity (Wildman–Crippen MR) is 116 cm³/mol. The molecule has 2 atom stereocenters. The number of hydrogen-bond donors (Lipinski definition) is 3. The largest absolute Gasteiger partial charge is 0.487 e. The summed E-state index contributed by atoms with van der Waals surface area (Å²) in [5, 5.41) is 25.5. The molecule has 1 aromatic carbocycles. The van der Waals surface area contributed by atoms with Gasteiger partial charge in [-0.15, -0.1) is 11.3 Å². The van der Waals surface area contributed by atoms with Crippen LogP contribution in [0.15, 0.2) is 59.6 Å². The summed E-state index contributed by atoms with van der Waals surface area (Å²) in [6.45, 7) is 1.50. The third kappa shape index (κ3) is 5.45. The highest BCUT2D eigenvalue weighted by atomic mass is 32.1. The lowest BCUT2D eigenvalue weighted by Crippen LogP contribution is -2.51. The number of nitrogens with one attached hydrogen (secondary N) is 1. The molecule has 8 nitrogen and oxygen atoms in total. The SMILES string of the molecule is O=C(NC[C@]1(O)CN(Cc2ccc(OCc3ccccn3)cc2)C[C@H]1O)c1cscn1. The number of aromatic nitrogens is 2. The van der Waals surface area contributed by atoms with Crippen LogP contribution in [-0.4, -0.2) is 62.3 Å². The highest BCUT2D eigenvalue weighted by Gasteiger charge is 2.44. The van der Waals surface area contributed by atoms with E-state index in [0.717, 1.165) is 17.0 Å². The predicted octanol–water partition coefficient (Wildman–Crippen LogP) is 1.45. The Morgan fingerprint density at radius 2 is 2.10 bits per heavy atom. The van der Waals surface area contributed by atoms with Crippen LogP contribution in [0.4, 0.5) is 0 Å². The third-order valence-electron chi connectivity index (χ3n) is 5.21. The first kappa shape index (κ1) is 21.4. The van der Waals surface area contributed by atoms with E-state index in [9.17, 15) is 15.0 Å². The Balaban J connectivity index is 1.28. The van der Waals surface area contributed by atoms with Gasteiger partial charge in [0, 0.05) is 31.2 Å². The van der Waals surface area contributed by atoms with E-state index in [1.807, 2.05) is 47.4 Å². The molecule has 9 heteroatoms. The molecule has 0 aliphatic carbocycles. The second-order valence-electron chi connectivity index (χ2n) is 7.60. The fourth-order valence-corrected chi connectivity index (χ4v) is 4.04. The molecule has 0 saturated carbocycles. The lowest BCUT2D eigenvalue weighted by atomic mass is 10.0. The number of thiazole rings is 1. The second-order valence-corrected chi connectivity index (χ2v) is 8.32. The maximum absolute atomic E-state index is 12.1. The number of pyridine rings is 1. The fourth-order valence-electron chi connectivity index (χ4n) is 3.50. The van der Waals surface area contributed by atoms with Crippen molar-refractivity contribution in [2.75, 3.05) is 19.6 Å². The van der Waals surface area contributed by atoms with Gasteiger partial charge in [0.2, 0.25) is 0 Å². The van der Waals surface area contributed by atoms with E-state index in [0.29, 0.717) is 25.4 Å². The minimum absolute atomic E-state index is 0.0404. The van der Waals surface area contributed by atoms with Crippen molar-refractivity contribution in [2.24, 2.45) is 0 Å². The van der Waals surface area contributed by atoms with E-state index in [2.05, 4.69) is 15.3 Å². The Bertz CT molecular complexity index is 985. The van der Waals surface area contributed by atoms with Gasteiger partial charge >= 0.3 is 0 Å². The Morgan fingerprint density at radius 1 is 1.26 bits per heavy atom. The molecule has 31 heavy (non-hydrogen) atoms. The molecule has 1 fully saturated rings. The number of nitrogens with zero attached hydrogens (tertiary/aromatic N) is 3. The number of likely N-dealkylation sites (tertiary alicyclic amines) is 1. The van der Waals surface area contributed by atoms with Gasteiger partial charge in [-0.2, -0.15) is 0 Å². The smallest absolute Gasteiger partial charge is 0.270 e. The molecule has 3 aromatic rings. The molecule has 3 N–H and O–H groups in total. The Morgan fingerprint density at radius 3 is 2.81 bits per heavy atom. The van der Waals surface area contributed by atoms with Crippen molar-refractivity contribution >= 4 is 17.2 Å². The molecular formula is C22H24N4O4S. The van der Waals surface area contributed by atoms with Crippen molar-refractivity contribution in [3.63, 3.8) is 0 Å². The molecule has 1 aliphatic rings. The van der Waals surface area contributed by atoms with Crippen molar-refractivity contribution in [1.29, 1.82) is 0 Å². The van der Waals surface area contributed by atoms with Gasteiger partial charge in [0.1, 0.15) is 23.7 Å². The van der Waals surface area contributed by atoms with Crippen LogP contribution in [-0.2, 0) is 13.2 Å². The first-order valence-electron chi connectivity index (χ1n) is 9.93. The van der Waals surface area contributed by atoms with Gasteiger partial charge in [0.25, 0.3) is 5.91 Å². The maximum Gasteiger partial charge on any atom is 0.270 e. The zero-order chi connectivity index (χ0) is 21.7. The molecule has 1 aliphatic heterocycles. The molecule has 1 amide bonds. The van der Waals surface area contributed by atoms with E-state index < -0.39 is 11.7 Å². The van der Waals surface area contributed by atoms with E-state index in [-0.39, 0.29) is 19.0 Å². The van der Waals surface area contributed by atoms with Crippen molar-refractivity contribution in [1.82, 2.24) is 20.2 Å². The van der Waals surface area contributed by atoms with Gasteiger partial charge in [-0.3, -0.25) is 14.7 Å². The molecule has 1 saturated heterocycles. The van der Waals surface area contributed by atoms with Crippen LogP contribution in [0.25, 0.3) is 0 Å². The van der Waals surface area contributed by atoms with Crippen molar-refractivity contribution in [3.05, 3.63) is 76.5 Å². The average Bonchev–Trinajstić information content (AvgIpc) is 3.41. The van der Waals surface area contributed by atoms with E-state index in [4.69, 9.17) is 4.74 Å². The average molecular weight is 441 g/mol. The summed E-state index contributed by atoms with van der Waals surface area (Å²) >= 11 is 1.33. The van der Waals surface area contributed by atoms with E-state index in [1.54, 1.807) is 17.1 Å². The lowest BCUT2D eigenvalue weighted by molar-refractivity contribution is -0.0377. The van der Waals surface area contributed by atoms with Gasteiger partial charge < -0.3 is 20.3 Å². The van der Waals surface area contributed by atoms with Gasteiger partial charge in [0.15, 0.2) is 0 Å². The Kier molecular flexibility index (Phi) is 6.57. The fraction of sp³-hybridized carbons (Fsp3) is 0.318. The molecule has 0 bridgehead atoms. The molecule has 0 unspecified atom stereocenters. The summed E-state index contributed by atoms with van der Waals surface area (Å²) in [4.78, 5) is 22.2. The summed E-state index contributed by atoms with van der Waals surface area (Å²) in [6.07, 6.45) is 0.780. The molecule has 0 spiro atoms. The van der Waals surface area contributed by atoms with E-state index in [1.165, 1.54) is 11.3 Å². The summed E-state index contributed by atoms with van der Waals surface area (Å²) < 4.78 is 5.75. The number of aliphatic hydroxyl groups is 2. The van der Waals surface area contributed by atoms with Crippen LogP contribution < -0.4 is 10.1 Å². The number of aliphatic hydroxyl groups excluding tert-OH is 1. The first-order valence-corrected chi connectivity index (χ1v) is 10.9. The first-order chi connectivity index (χ1) is 15.0.